The van der Waals surface area contributed by atoms with Gasteiger partial charge in [0, 0.05) is 44.2 Å². The average molecular weight is 366 g/mol. The first-order valence-corrected chi connectivity index (χ1v) is 10.8. The summed E-state index contributed by atoms with van der Waals surface area (Å²) in [7, 11) is 1.86. The molecule has 0 spiro atoms. The molecular weight excluding hydrogens is 326 g/mol. The maximum absolute atomic E-state index is 6.00. The summed E-state index contributed by atoms with van der Waals surface area (Å²) in [4.78, 5) is 4.41. The molecule has 3 fully saturated rings. The Kier molecular flexibility index (Phi) is 7.21. The van der Waals surface area contributed by atoms with Crippen LogP contribution < -0.4 is 10.6 Å². The maximum Gasteiger partial charge on any atom is 0.191 e. The van der Waals surface area contributed by atoms with Crippen molar-refractivity contribution in [2.24, 2.45) is 16.3 Å². The van der Waals surface area contributed by atoms with E-state index in [9.17, 15) is 0 Å². The predicted octanol–water partition coefficient (Wildman–Crippen LogP) is 3.48. The van der Waals surface area contributed by atoms with Crippen LogP contribution in [0.2, 0.25) is 0 Å². The standard InChI is InChI=1S/C21H39N3O2/c1-21(2)18(17-12-15-26-19(17)21)24-20(22-3)23-13-8-5-9-14-25-16-10-6-4-7-11-16/h16-19H,4-15H2,1-3H3,(H2,22,23,24). The van der Waals surface area contributed by atoms with Gasteiger partial charge in [-0.3, -0.25) is 4.99 Å². The van der Waals surface area contributed by atoms with Gasteiger partial charge >= 0.3 is 0 Å². The van der Waals surface area contributed by atoms with E-state index < -0.39 is 0 Å². The topological polar surface area (TPSA) is 54.9 Å². The van der Waals surface area contributed by atoms with Crippen LogP contribution in [0, 0.1) is 11.3 Å². The van der Waals surface area contributed by atoms with Crippen molar-refractivity contribution in [1.82, 2.24) is 10.6 Å². The van der Waals surface area contributed by atoms with Gasteiger partial charge in [-0.05, 0) is 38.5 Å². The Morgan fingerprint density at radius 2 is 1.92 bits per heavy atom. The van der Waals surface area contributed by atoms with Crippen LogP contribution in [0.25, 0.3) is 0 Å². The molecule has 0 aromatic carbocycles. The van der Waals surface area contributed by atoms with Crippen molar-refractivity contribution < 1.29 is 9.47 Å². The summed E-state index contributed by atoms with van der Waals surface area (Å²) >= 11 is 0. The lowest BCUT2D eigenvalue weighted by Crippen LogP contribution is -2.67. The van der Waals surface area contributed by atoms with Crippen LogP contribution in [0.4, 0.5) is 0 Å². The third-order valence-corrected chi connectivity index (χ3v) is 6.64. The van der Waals surface area contributed by atoms with Gasteiger partial charge in [0.25, 0.3) is 0 Å². The Bertz CT molecular complexity index is 460. The minimum absolute atomic E-state index is 0.190. The molecule has 2 N–H and O–H groups in total. The van der Waals surface area contributed by atoms with Crippen molar-refractivity contribution in [3.05, 3.63) is 0 Å². The van der Waals surface area contributed by atoms with Crippen molar-refractivity contribution in [2.45, 2.75) is 89.9 Å². The number of aliphatic imine (C=N–C) groups is 1. The summed E-state index contributed by atoms with van der Waals surface area (Å²) in [6.07, 6.45) is 12.3. The molecule has 2 saturated carbocycles. The maximum atomic E-state index is 6.00. The second-order valence-corrected chi connectivity index (χ2v) is 8.88. The molecule has 5 nitrogen and oxygen atoms in total. The van der Waals surface area contributed by atoms with Crippen LogP contribution in [0.15, 0.2) is 4.99 Å². The highest BCUT2D eigenvalue weighted by molar-refractivity contribution is 5.80. The van der Waals surface area contributed by atoms with Crippen molar-refractivity contribution in [2.75, 3.05) is 26.8 Å². The SMILES string of the molecule is CN=C(NCCCCCOC1CCCCC1)NC1C2CCOC2C1(C)C. The Labute approximate surface area is 159 Å². The summed E-state index contributed by atoms with van der Waals surface area (Å²) in [6.45, 7) is 7.41. The Hall–Kier alpha value is -0.810. The van der Waals surface area contributed by atoms with E-state index in [1.807, 2.05) is 7.05 Å². The molecule has 0 amide bonds. The van der Waals surface area contributed by atoms with E-state index in [4.69, 9.17) is 9.47 Å². The predicted molar refractivity (Wildman–Crippen MR) is 107 cm³/mol. The van der Waals surface area contributed by atoms with Crippen LogP contribution in [0.3, 0.4) is 0 Å². The summed E-state index contributed by atoms with van der Waals surface area (Å²) in [5.74, 6) is 1.58. The molecule has 26 heavy (non-hydrogen) atoms. The number of fused-ring (bicyclic) bond motifs is 1. The van der Waals surface area contributed by atoms with E-state index in [1.54, 1.807) is 0 Å². The molecular formula is C21H39N3O2. The third kappa shape index (κ3) is 4.72. The first kappa shape index (κ1) is 19.9. The van der Waals surface area contributed by atoms with Gasteiger partial charge in [0.05, 0.1) is 12.2 Å². The molecule has 0 radical (unpaired) electrons. The van der Waals surface area contributed by atoms with Crippen LogP contribution in [0.1, 0.15) is 71.6 Å². The molecule has 3 atom stereocenters. The Balaban J connectivity index is 1.25. The van der Waals surface area contributed by atoms with Gasteiger partial charge in [-0.15, -0.1) is 0 Å². The van der Waals surface area contributed by atoms with Gasteiger partial charge < -0.3 is 20.1 Å². The average Bonchev–Trinajstić information content (AvgIpc) is 3.11. The quantitative estimate of drug-likeness (QED) is 0.393. The number of nitrogens with one attached hydrogen (secondary N) is 2. The van der Waals surface area contributed by atoms with Crippen molar-refractivity contribution in [3.63, 3.8) is 0 Å². The van der Waals surface area contributed by atoms with Crippen molar-refractivity contribution >= 4 is 5.96 Å². The molecule has 3 rings (SSSR count). The first-order chi connectivity index (χ1) is 12.6. The molecule has 3 aliphatic rings. The summed E-state index contributed by atoms with van der Waals surface area (Å²) in [6, 6.07) is 0.463. The van der Waals surface area contributed by atoms with E-state index in [-0.39, 0.29) is 5.41 Å². The zero-order chi connectivity index (χ0) is 18.4. The number of unbranched alkanes of at least 4 members (excludes halogenated alkanes) is 2. The Morgan fingerprint density at radius 1 is 1.12 bits per heavy atom. The van der Waals surface area contributed by atoms with Gasteiger partial charge in [-0.2, -0.15) is 0 Å². The van der Waals surface area contributed by atoms with Gasteiger partial charge in [-0.25, -0.2) is 0 Å². The lowest BCUT2D eigenvalue weighted by Gasteiger charge is -2.54. The molecule has 3 unspecified atom stereocenters. The Morgan fingerprint density at radius 3 is 2.69 bits per heavy atom. The lowest BCUT2D eigenvalue weighted by molar-refractivity contribution is -0.106. The number of rotatable bonds is 8. The van der Waals surface area contributed by atoms with E-state index in [2.05, 4.69) is 29.5 Å². The highest BCUT2D eigenvalue weighted by Gasteiger charge is 2.59. The zero-order valence-electron chi connectivity index (χ0n) is 17.1. The van der Waals surface area contributed by atoms with Gasteiger partial charge in [0.1, 0.15) is 0 Å². The summed E-state index contributed by atoms with van der Waals surface area (Å²) in [5, 5.41) is 7.13. The van der Waals surface area contributed by atoms with Gasteiger partial charge in [0.2, 0.25) is 0 Å². The lowest BCUT2D eigenvalue weighted by atomic mass is 9.57. The number of hydrogen-bond acceptors (Lipinski definition) is 3. The minimum atomic E-state index is 0.190. The van der Waals surface area contributed by atoms with E-state index in [0.717, 1.165) is 32.1 Å². The van der Waals surface area contributed by atoms with Crippen LogP contribution in [0.5, 0.6) is 0 Å². The molecule has 1 heterocycles. The number of guanidine groups is 1. The fourth-order valence-corrected chi connectivity index (χ4v) is 5.05. The largest absolute Gasteiger partial charge is 0.378 e. The van der Waals surface area contributed by atoms with E-state index in [0.29, 0.717) is 24.2 Å². The molecule has 5 heteroatoms. The second kappa shape index (κ2) is 9.41. The monoisotopic (exact) mass is 365 g/mol. The third-order valence-electron chi connectivity index (χ3n) is 6.64. The smallest absolute Gasteiger partial charge is 0.191 e. The molecule has 2 aliphatic carbocycles. The highest BCUT2D eigenvalue weighted by Crippen LogP contribution is 2.52. The fraction of sp³-hybridized carbons (Fsp3) is 0.952. The summed E-state index contributed by atoms with van der Waals surface area (Å²) < 4.78 is 11.9. The highest BCUT2D eigenvalue weighted by atomic mass is 16.5. The van der Waals surface area contributed by atoms with E-state index >= 15 is 0 Å². The van der Waals surface area contributed by atoms with Gasteiger partial charge in [0.15, 0.2) is 5.96 Å². The van der Waals surface area contributed by atoms with Crippen LogP contribution in [-0.2, 0) is 9.47 Å². The fourth-order valence-electron chi connectivity index (χ4n) is 5.05. The normalized spacial score (nSPS) is 31.3. The number of hydrogen-bond donors (Lipinski definition) is 2. The molecule has 1 saturated heterocycles. The van der Waals surface area contributed by atoms with Crippen LogP contribution >= 0.6 is 0 Å². The first-order valence-electron chi connectivity index (χ1n) is 10.8. The zero-order valence-corrected chi connectivity index (χ0v) is 17.1. The summed E-state index contributed by atoms with van der Waals surface area (Å²) in [5.41, 5.74) is 0.190. The van der Waals surface area contributed by atoms with Crippen LogP contribution in [-0.4, -0.2) is 51.0 Å². The molecule has 0 aromatic heterocycles. The number of ether oxygens (including phenoxy) is 2. The number of nitrogens with zero attached hydrogens (tertiary/aromatic N) is 1. The minimum Gasteiger partial charge on any atom is -0.378 e. The van der Waals surface area contributed by atoms with Gasteiger partial charge in [-0.1, -0.05) is 33.1 Å². The molecule has 150 valence electrons. The molecule has 1 aliphatic heterocycles. The molecule has 0 aromatic rings. The van der Waals surface area contributed by atoms with E-state index in [1.165, 1.54) is 51.4 Å². The molecule has 0 bridgehead atoms. The van der Waals surface area contributed by atoms with Crippen molar-refractivity contribution in [1.29, 1.82) is 0 Å². The second-order valence-electron chi connectivity index (χ2n) is 8.88. The van der Waals surface area contributed by atoms with Crippen molar-refractivity contribution in [3.8, 4) is 0 Å².